The van der Waals surface area contributed by atoms with Crippen LogP contribution in [-0.2, 0) is 32.1 Å². The van der Waals surface area contributed by atoms with Gasteiger partial charge in [-0.05, 0) is 0 Å². The Kier molecular flexibility index (Phi) is 6.40. The summed E-state index contributed by atoms with van der Waals surface area (Å²) in [4.78, 5) is 0. The number of hydrogen-bond donors (Lipinski definition) is 0. The fourth-order valence-electron chi connectivity index (χ4n) is 6.12. The van der Waals surface area contributed by atoms with Crippen LogP contribution in [0.4, 0.5) is 0 Å². The second kappa shape index (κ2) is 9.02. The van der Waals surface area contributed by atoms with Gasteiger partial charge in [-0.1, -0.05) is 0 Å². The van der Waals surface area contributed by atoms with Gasteiger partial charge in [0, 0.05) is 0 Å². The average molecular weight is 552 g/mol. The van der Waals surface area contributed by atoms with Crippen LogP contribution in [0.2, 0.25) is 0 Å². The summed E-state index contributed by atoms with van der Waals surface area (Å²) in [7, 11) is 0. The normalized spacial score (nSPS) is 17.8. The van der Waals surface area contributed by atoms with E-state index < -0.39 is 21.3 Å². The molecule has 3 aromatic rings. The van der Waals surface area contributed by atoms with Gasteiger partial charge in [-0.15, -0.1) is 0 Å². The third-order valence-corrected chi connectivity index (χ3v) is 15.2. The molecular weight excluding hydrogens is 512 g/mol. The first-order valence-electron chi connectivity index (χ1n) is 13.3. The first-order valence-corrected chi connectivity index (χ1v) is 17.7. The van der Waals surface area contributed by atoms with E-state index in [9.17, 15) is 0 Å². The fraction of sp³-hybridized carbons (Fsp3) is 0.343. The Morgan fingerprint density at radius 1 is 0.722 bits per heavy atom. The van der Waals surface area contributed by atoms with Gasteiger partial charge in [0.25, 0.3) is 0 Å². The predicted octanol–water partition coefficient (Wildman–Crippen LogP) is 9.41. The molecule has 1 heteroatoms. The maximum atomic E-state index is 5.08. The first kappa shape index (κ1) is 25.5. The van der Waals surface area contributed by atoms with E-state index in [4.69, 9.17) is 4.21 Å². The standard InChI is InChI=1S/C21H25.C13H13.CH2.Zr/c1-20(2,3)16-9-7-14-11-15-8-10-17(21(4,5)6)13-19(15)18(14)12-16;1-10-8-11(2)13(9-10)12-6-4-3-5-7-12;;/h7-13H,1-6H3;3-7,9-10H,1-2H3;1H2;. The first-order chi connectivity index (χ1) is 16.9. The van der Waals surface area contributed by atoms with Gasteiger partial charge < -0.3 is 0 Å². The zero-order chi connectivity index (χ0) is 26.0. The molecule has 0 bridgehead atoms. The van der Waals surface area contributed by atoms with Crippen molar-refractivity contribution in [2.45, 2.75) is 69.8 Å². The van der Waals surface area contributed by atoms with Gasteiger partial charge in [0.2, 0.25) is 0 Å². The van der Waals surface area contributed by atoms with E-state index in [2.05, 4.69) is 128 Å². The van der Waals surface area contributed by atoms with E-state index in [1.54, 1.807) is 3.28 Å². The van der Waals surface area contributed by atoms with E-state index in [1.807, 2.05) is 0 Å². The Hall–Kier alpha value is -2.11. The number of benzene rings is 3. The average Bonchev–Trinajstić information content (AvgIpc) is 3.31. The van der Waals surface area contributed by atoms with Crippen molar-refractivity contribution in [2.75, 3.05) is 0 Å². The van der Waals surface area contributed by atoms with Crippen LogP contribution in [0.15, 0.2) is 81.7 Å². The molecule has 36 heavy (non-hydrogen) atoms. The summed E-state index contributed by atoms with van der Waals surface area (Å²) in [5.41, 5.74) is 13.3. The molecule has 0 aromatic heterocycles. The van der Waals surface area contributed by atoms with Crippen molar-refractivity contribution in [3.63, 3.8) is 0 Å². The van der Waals surface area contributed by atoms with E-state index in [-0.39, 0.29) is 10.8 Å². The molecule has 0 nitrogen and oxygen atoms in total. The van der Waals surface area contributed by atoms with Crippen molar-refractivity contribution >= 4 is 9.78 Å². The SMILES string of the molecule is [CH2]=[Zr]([C]1=C(C)C(c2ccccc2)=CC1C)[CH]1c2ccc(C(C)(C)C)cc2-c2cc(C(C)(C)C)ccc21. The second-order valence-corrected chi connectivity index (χ2v) is 18.2. The van der Waals surface area contributed by atoms with Crippen LogP contribution in [0, 0.1) is 5.92 Å². The van der Waals surface area contributed by atoms with E-state index in [0.29, 0.717) is 9.54 Å². The van der Waals surface area contributed by atoms with Crippen LogP contribution in [-0.4, -0.2) is 4.21 Å². The van der Waals surface area contributed by atoms with Crippen molar-refractivity contribution in [3.8, 4) is 11.1 Å². The number of allylic oxidation sites excluding steroid dienone is 4. The van der Waals surface area contributed by atoms with Crippen LogP contribution in [0.25, 0.3) is 16.7 Å². The Labute approximate surface area is 226 Å². The summed E-state index contributed by atoms with van der Waals surface area (Å²) in [6.45, 7) is 18.7. The minimum atomic E-state index is -2.34. The monoisotopic (exact) mass is 550 g/mol. The fourth-order valence-corrected chi connectivity index (χ4v) is 13.1. The van der Waals surface area contributed by atoms with Gasteiger partial charge >= 0.3 is 227 Å². The molecule has 1 atom stereocenters. The van der Waals surface area contributed by atoms with Crippen LogP contribution in [0.5, 0.6) is 0 Å². The number of rotatable bonds is 3. The van der Waals surface area contributed by atoms with Crippen molar-refractivity contribution in [2.24, 2.45) is 5.92 Å². The van der Waals surface area contributed by atoms with Crippen molar-refractivity contribution in [3.05, 3.63) is 109 Å². The van der Waals surface area contributed by atoms with E-state index in [0.717, 1.165) is 0 Å². The molecule has 0 radical (unpaired) electrons. The third-order valence-electron chi connectivity index (χ3n) is 8.21. The molecule has 0 N–H and O–H groups in total. The third kappa shape index (κ3) is 4.32. The zero-order valence-corrected chi connectivity index (χ0v) is 25.7. The molecule has 5 rings (SSSR count). The molecule has 2 aliphatic rings. The van der Waals surface area contributed by atoms with Crippen LogP contribution < -0.4 is 0 Å². The summed E-state index contributed by atoms with van der Waals surface area (Å²) in [6.07, 6.45) is 2.49. The van der Waals surface area contributed by atoms with Crippen molar-refractivity contribution in [1.29, 1.82) is 0 Å². The quantitative estimate of drug-likeness (QED) is 0.304. The molecule has 1 unspecified atom stereocenters. The predicted molar refractivity (Wildman–Crippen MR) is 155 cm³/mol. The van der Waals surface area contributed by atoms with Crippen LogP contribution >= 0.6 is 0 Å². The molecular formula is C35H40Zr. The minimum absolute atomic E-state index is 0.133. The summed E-state index contributed by atoms with van der Waals surface area (Å²) < 4.78 is 7.23. The molecule has 0 fully saturated rings. The number of fused-ring (bicyclic) bond motifs is 3. The number of hydrogen-bond acceptors (Lipinski definition) is 0. The molecule has 0 amide bonds. The molecule has 2 aliphatic carbocycles. The van der Waals surface area contributed by atoms with Crippen molar-refractivity contribution < 1.29 is 21.3 Å². The Morgan fingerprint density at radius 2 is 1.22 bits per heavy atom. The molecule has 3 aromatic carbocycles. The summed E-state index contributed by atoms with van der Waals surface area (Å²) in [5, 5.41) is 0. The van der Waals surface area contributed by atoms with Gasteiger partial charge in [0.15, 0.2) is 0 Å². The summed E-state index contributed by atoms with van der Waals surface area (Å²) in [5.74, 6) is 0.474. The van der Waals surface area contributed by atoms with Gasteiger partial charge in [0.05, 0.1) is 0 Å². The van der Waals surface area contributed by atoms with Gasteiger partial charge in [-0.2, -0.15) is 0 Å². The summed E-state index contributed by atoms with van der Waals surface area (Å²) in [6, 6.07) is 25.5. The van der Waals surface area contributed by atoms with E-state index in [1.165, 1.54) is 50.1 Å². The Morgan fingerprint density at radius 3 is 1.69 bits per heavy atom. The Bertz CT molecular complexity index is 1350. The van der Waals surface area contributed by atoms with Crippen LogP contribution in [0.1, 0.15) is 86.8 Å². The Balaban J connectivity index is 1.66. The van der Waals surface area contributed by atoms with Gasteiger partial charge in [-0.3, -0.25) is 0 Å². The molecule has 0 saturated heterocycles. The van der Waals surface area contributed by atoms with E-state index >= 15 is 0 Å². The molecule has 0 aliphatic heterocycles. The van der Waals surface area contributed by atoms with Gasteiger partial charge in [0.1, 0.15) is 0 Å². The maximum absolute atomic E-state index is 5.08. The van der Waals surface area contributed by atoms with Crippen molar-refractivity contribution in [1.82, 2.24) is 0 Å². The zero-order valence-electron chi connectivity index (χ0n) is 23.3. The molecule has 0 saturated carbocycles. The molecule has 0 spiro atoms. The summed E-state index contributed by atoms with van der Waals surface area (Å²) >= 11 is -2.34. The molecule has 0 heterocycles. The van der Waals surface area contributed by atoms with Gasteiger partial charge in [-0.25, -0.2) is 0 Å². The topological polar surface area (TPSA) is 0 Å². The second-order valence-electron chi connectivity index (χ2n) is 12.8. The molecule has 184 valence electrons. The van der Waals surface area contributed by atoms with Crippen LogP contribution in [0.3, 0.4) is 0 Å².